The first-order valence-corrected chi connectivity index (χ1v) is 8.65. The van der Waals surface area contributed by atoms with E-state index in [2.05, 4.69) is 31.6 Å². The van der Waals surface area contributed by atoms with Gasteiger partial charge in [-0.2, -0.15) is 0 Å². The van der Waals surface area contributed by atoms with Gasteiger partial charge in [0.05, 0.1) is 11.6 Å². The monoisotopic (exact) mass is 405 g/mol. The molecule has 0 saturated heterocycles. The number of hydrogen-bond donors (Lipinski definition) is 2. The molecule has 0 spiro atoms. The zero-order chi connectivity index (χ0) is 17.6. The number of guanidine groups is 1. The van der Waals surface area contributed by atoms with Gasteiger partial charge < -0.3 is 24.8 Å². The van der Waals surface area contributed by atoms with Gasteiger partial charge in [0.15, 0.2) is 17.5 Å². The zero-order valence-corrected chi connectivity index (χ0v) is 15.7. The number of para-hydroxylation sites is 1. The van der Waals surface area contributed by atoms with Crippen LogP contribution >= 0.6 is 15.9 Å². The fraction of sp³-hybridized carbons (Fsp3) is 0.278. The zero-order valence-electron chi connectivity index (χ0n) is 14.1. The molecule has 6 nitrogen and oxygen atoms in total. The van der Waals surface area contributed by atoms with Gasteiger partial charge in [-0.05, 0) is 39.7 Å². The van der Waals surface area contributed by atoms with E-state index in [1.165, 1.54) is 0 Å². The van der Waals surface area contributed by atoms with Crippen molar-refractivity contribution in [2.75, 3.05) is 21.0 Å². The molecule has 2 N–H and O–H groups in total. The molecule has 3 rings (SSSR count). The number of halogens is 1. The fourth-order valence-corrected chi connectivity index (χ4v) is 3.16. The summed E-state index contributed by atoms with van der Waals surface area (Å²) in [5.41, 5.74) is 2.13. The van der Waals surface area contributed by atoms with E-state index in [1.807, 2.05) is 36.4 Å². The van der Waals surface area contributed by atoms with Crippen LogP contribution in [0.2, 0.25) is 0 Å². The average molecular weight is 406 g/mol. The number of nitrogens with zero attached hydrogens (tertiary/aromatic N) is 1. The Kier molecular flexibility index (Phi) is 5.65. The summed E-state index contributed by atoms with van der Waals surface area (Å²) >= 11 is 3.51. The number of benzene rings is 2. The summed E-state index contributed by atoms with van der Waals surface area (Å²) in [5.74, 6) is 3.07. The summed E-state index contributed by atoms with van der Waals surface area (Å²) < 4.78 is 17.1. The lowest BCUT2D eigenvalue weighted by Gasteiger charge is -2.14. The second kappa shape index (κ2) is 8.11. The molecule has 0 amide bonds. The predicted octanol–water partition coefficient (Wildman–Crippen LogP) is 3.05. The van der Waals surface area contributed by atoms with Gasteiger partial charge in [0, 0.05) is 25.7 Å². The number of fused-ring (bicyclic) bond motifs is 1. The molecule has 0 aliphatic carbocycles. The molecular formula is C18H20BrN3O3. The number of nitrogens with one attached hydrogen (secondary N) is 2. The summed E-state index contributed by atoms with van der Waals surface area (Å²) in [5, 5.41) is 6.58. The van der Waals surface area contributed by atoms with Crippen molar-refractivity contribution in [2.24, 2.45) is 4.99 Å². The number of ether oxygens (including phenoxy) is 3. The van der Waals surface area contributed by atoms with Gasteiger partial charge in [-0.1, -0.05) is 18.2 Å². The van der Waals surface area contributed by atoms with Crippen LogP contribution in [0.1, 0.15) is 11.1 Å². The first kappa shape index (κ1) is 17.4. The van der Waals surface area contributed by atoms with Crippen molar-refractivity contribution in [1.29, 1.82) is 0 Å². The lowest BCUT2D eigenvalue weighted by atomic mass is 10.2. The molecule has 25 heavy (non-hydrogen) atoms. The van der Waals surface area contributed by atoms with Crippen LogP contribution < -0.4 is 24.8 Å². The summed E-state index contributed by atoms with van der Waals surface area (Å²) in [7, 11) is 3.41. The van der Waals surface area contributed by atoms with Gasteiger partial charge in [0.25, 0.3) is 0 Å². The van der Waals surface area contributed by atoms with Gasteiger partial charge in [0.1, 0.15) is 5.75 Å². The maximum atomic E-state index is 5.44. The summed E-state index contributed by atoms with van der Waals surface area (Å²) in [4.78, 5) is 4.25. The van der Waals surface area contributed by atoms with Crippen molar-refractivity contribution in [3.8, 4) is 17.2 Å². The third-order valence-electron chi connectivity index (χ3n) is 3.81. The lowest BCUT2D eigenvalue weighted by Crippen LogP contribution is -2.36. The molecule has 0 fully saturated rings. The highest BCUT2D eigenvalue weighted by Gasteiger charge is 2.17. The van der Waals surface area contributed by atoms with Crippen LogP contribution in [-0.2, 0) is 13.1 Å². The molecule has 2 aromatic rings. The Morgan fingerprint density at radius 3 is 2.80 bits per heavy atom. The SMILES string of the molecule is CN=C(NCc1cc(Br)c2c(c1)OCO2)NCc1ccccc1OC. The summed E-state index contributed by atoms with van der Waals surface area (Å²) in [6.45, 7) is 1.49. The van der Waals surface area contributed by atoms with Crippen LogP contribution in [0, 0.1) is 0 Å². The lowest BCUT2D eigenvalue weighted by molar-refractivity contribution is 0.173. The number of methoxy groups -OCH3 is 1. The third kappa shape index (κ3) is 4.17. The molecular weight excluding hydrogens is 386 g/mol. The molecule has 132 valence electrons. The highest BCUT2D eigenvalue weighted by Crippen LogP contribution is 2.39. The Hall–Kier alpha value is -2.41. The van der Waals surface area contributed by atoms with Gasteiger partial charge in [0.2, 0.25) is 6.79 Å². The smallest absolute Gasteiger partial charge is 0.231 e. The Morgan fingerprint density at radius 1 is 1.20 bits per heavy atom. The third-order valence-corrected chi connectivity index (χ3v) is 4.40. The maximum Gasteiger partial charge on any atom is 0.231 e. The molecule has 2 aromatic carbocycles. The fourth-order valence-electron chi connectivity index (χ4n) is 2.56. The Balaban J connectivity index is 1.59. The van der Waals surface area contributed by atoms with Crippen LogP contribution in [0.4, 0.5) is 0 Å². The van der Waals surface area contributed by atoms with Crippen LogP contribution in [-0.4, -0.2) is 26.9 Å². The minimum absolute atomic E-state index is 0.257. The van der Waals surface area contributed by atoms with Crippen LogP contribution in [0.15, 0.2) is 45.9 Å². The van der Waals surface area contributed by atoms with Crippen molar-refractivity contribution in [1.82, 2.24) is 10.6 Å². The van der Waals surface area contributed by atoms with Crippen LogP contribution in [0.3, 0.4) is 0 Å². The first-order chi connectivity index (χ1) is 12.2. The first-order valence-electron chi connectivity index (χ1n) is 7.85. The molecule has 0 atom stereocenters. The van der Waals surface area contributed by atoms with E-state index in [0.29, 0.717) is 19.0 Å². The Bertz CT molecular complexity index is 780. The van der Waals surface area contributed by atoms with Crippen molar-refractivity contribution in [3.63, 3.8) is 0 Å². The molecule has 0 aromatic heterocycles. The minimum Gasteiger partial charge on any atom is -0.496 e. The molecule has 0 saturated carbocycles. The van der Waals surface area contributed by atoms with Crippen molar-refractivity contribution < 1.29 is 14.2 Å². The van der Waals surface area contributed by atoms with E-state index in [1.54, 1.807) is 14.2 Å². The maximum absolute atomic E-state index is 5.44. The largest absolute Gasteiger partial charge is 0.496 e. The molecule has 0 bridgehead atoms. The molecule has 7 heteroatoms. The Morgan fingerprint density at radius 2 is 2.00 bits per heavy atom. The van der Waals surface area contributed by atoms with Gasteiger partial charge in [-0.15, -0.1) is 0 Å². The molecule has 0 unspecified atom stereocenters. The van der Waals surface area contributed by atoms with Crippen LogP contribution in [0.25, 0.3) is 0 Å². The normalized spacial score (nSPS) is 12.8. The van der Waals surface area contributed by atoms with Gasteiger partial charge in [-0.3, -0.25) is 4.99 Å². The average Bonchev–Trinajstić information content (AvgIpc) is 3.11. The second-order valence-corrected chi connectivity index (χ2v) is 6.26. The Labute approximate surface area is 155 Å². The molecule has 1 aliphatic rings. The standard InChI is InChI=1S/C18H20BrN3O3/c1-20-18(22-10-13-5-3-4-6-15(13)23-2)21-9-12-7-14(19)17-16(8-12)24-11-25-17/h3-8H,9-11H2,1-2H3,(H2,20,21,22). The van der Waals surface area contributed by atoms with Crippen molar-refractivity contribution in [3.05, 3.63) is 52.0 Å². The van der Waals surface area contributed by atoms with Gasteiger partial charge >= 0.3 is 0 Å². The predicted molar refractivity (Wildman–Crippen MR) is 100 cm³/mol. The number of aliphatic imine (C=N–C) groups is 1. The summed E-state index contributed by atoms with van der Waals surface area (Å²) in [6, 6.07) is 11.9. The quantitative estimate of drug-likeness (QED) is 0.591. The molecule has 1 heterocycles. The highest BCUT2D eigenvalue weighted by atomic mass is 79.9. The van der Waals surface area contributed by atoms with E-state index in [0.717, 1.165) is 32.8 Å². The van der Waals surface area contributed by atoms with E-state index in [9.17, 15) is 0 Å². The van der Waals surface area contributed by atoms with Crippen molar-refractivity contribution >= 4 is 21.9 Å². The van der Waals surface area contributed by atoms with Crippen LogP contribution in [0.5, 0.6) is 17.2 Å². The molecule has 1 aliphatic heterocycles. The molecule has 0 radical (unpaired) electrons. The second-order valence-electron chi connectivity index (χ2n) is 5.40. The number of hydrogen-bond acceptors (Lipinski definition) is 4. The van der Waals surface area contributed by atoms with E-state index in [-0.39, 0.29) is 6.79 Å². The topological polar surface area (TPSA) is 64.1 Å². The highest BCUT2D eigenvalue weighted by molar-refractivity contribution is 9.10. The van der Waals surface area contributed by atoms with Crippen molar-refractivity contribution in [2.45, 2.75) is 13.1 Å². The van der Waals surface area contributed by atoms with E-state index >= 15 is 0 Å². The van der Waals surface area contributed by atoms with Gasteiger partial charge in [-0.25, -0.2) is 0 Å². The van der Waals surface area contributed by atoms with E-state index < -0.39 is 0 Å². The number of rotatable bonds is 5. The van der Waals surface area contributed by atoms with E-state index in [4.69, 9.17) is 14.2 Å². The summed E-state index contributed by atoms with van der Waals surface area (Å²) in [6.07, 6.45) is 0. The minimum atomic E-state index is 0.257.